The summed E-state index contributed by atoms with van der Waals surface area (Å²) in [4.78, 5) is 25.7. The van der Waals surface area contributed by atoms with E-state index in [9.17, 15) is 14.0 Å². The third kappa shape index (κ3) is 2.19. The maximum atomic E-state index is 14.5. The van der Waals surface area contributed by atoms with Crippen molar-refractivity contribution in [1.29, 1.82) is 0 Å². The van der Waals surface area contributed by atoms with Gasteiger partial charge in [-0.2, -0.15) is 0 Å². The maximum absolute atomic E-state index is 14.5. The summed E-state index contributed by atoms with van der Waals surface area (Å²) < 4.78 is 23.7. The molecule has 23 heavy (non-hydrogen) atoms. The fourth-order valence-electron chi connectivity index (χ4n) is 2.56. The molecule has 1 aromatic heterocycles. The zero-order chi connectivity index (χ0) is 16.9. The first-order valence-corrected chi connectivity index (χ1v) is 7.39. The molecule has 1 aromatic carbocycles. The summed E-state index contributed by atoms with van der Waals surface area (Å²) in [6.45, 7) is 2.09. The Morgan fingerprint density at radius 1 is 1.22 bits per heavy atom. The minimum atomic E-state index is -0.645. The van der Waals surface area contributed by atoms with Crippen LogP contribution in [0.2, 0.25) is 0 Å². The highest BCUT2D eigenvalue weighted by Crippen LogP contribution is 2.35. The average molecular weight is 338 g/mol. The lowest BCUT2D eigenvalue weighted by Gasteiger charge is -2.28. The molecule has 0 unspecified atom stereocenters. The average Bonchev–Trinajstić information content (AvgIpc) is 2.71. The van der Waals surface area contributed by atoms with E-state index in [4.69, 9.17) is 17.0 Å². The molecule has 0 bridgehead atoms. The minimum absolute atomic E-state index is 0.00769. The minimum Gasteiger partial charge on any atom is -0.481 e. The number of hydrogen-bond acceptors (Lipinski definition) is 4. The predicted octanol–water partition coefficient (Wildman–Crippen LogP) is 1.13. The molecule has 0 saturated heterocycles. The van der Waals surface area contributed by atoms with Gasteiger partial charge in [0.2, 0.25) is 4.77 Å². The van der Waals surface area contributed by atoms with E-state index in [0.29, 0.717) is 12.2 Å². The van der Waals surface area contributed by atoms with Gasteiger partial charge in [-0.25, -0.2) is 18.4 Å². The van der Waals surface area contributed by atoms with Crippen molar-refractivity contribution in [3.63, 3.8) is 0 Å². The SMILES string of the molecule is CCN1C(=O)COc2cc(F)c(-n3c(=O)n(C)n(C)c3=S)cc21. The van der Waals surface area contributed by atoms with Crippen LogP contribution in [0.15, 0.2) is 16.9 Å². The van der Waals surface area contributed by atoms with Crippen LogP contribution in [0.4, 0.5) is 10.1 Å². The van der Waals surface area contributed by atoms with Gasteiger partial charge in [0, 0.05) is 26.7 Å². The molecular weight excluding hydrogens is 323 g/mol. The molecule has 7 nitrogen and oxygen atoms in total. The number of likely N-dealkylation sites (N-methyl/N-ethyl adjacent to an activating group) is 1. The first-order valence-electron chi connectivity index (χ1n) is 6.99. The Morgan fingerprint density at radius 3 is 2.48 bits per heavy atom. The molecule has 0 radical (unpaired) electrons. The fraction of sp³-hybridized carbons (Fsp3) is 0.357. The molecular formula is C14H15FN4O3S. The molecule has 3 rings (SSSR count). The van der Waals surface area contributed by atoms with E-state index in [1.54, 1.807) is 7.05 Å². The van der Waals surface area contributed by atoms with Gasteiger partial charge in [0.25, 0.3) is 5.91 Å². The highest BCUT2D eigenvalue weighted by Gasteiger charge is 2.27. The van der Waals surface area contributed by atoms with Gasteiger partial charge in [0.15, 0.2) is 12.4 Å². The lowest BCUT2D eigenvalue weighted by molar-refractivity contribution is -0.121. The quantitative estimate of drug-likeness (QED) is 0.770. The number of amides is 1. The van der Waals surface area contributed by atoms with Crippen LogP contribution >= 0.6 is 12.2 Å². The van der Waals surface area contributed by atoms with Crippen molar-refractivity contribution in [1.82, 2.24) is 13.9 Å². The summed E-state index contributed by atoms with van der Waals surface area (Å²) in [7, 11) is 3.15. The smallest absolute Gasteiger partial charge is 0.349 e. The van der Waals surface area contributed by atoms with Gasteiger partial charge in [-0.15, -0.1) is 0 Å². The summed E-state index contributed by atoms with van der Waals surface area (Å²) in [5.74, 6) is -0.595. The van der Waals surface area contributed by atoms with E-state index in [1.807, 2.05) is 6.92 Å². The van der Waals surface area contributed by atoms with Crippen LogP contribution in [0.1, 0.15) is 6.92 Å². The van der Waals surface area contributed by atoms with Crippen LogP contribution in [-0.4, -0.2) is 33.0 Å². The van der Waals surface area contributed by atoms with Crippen LogP contribution in [0.25, 0.3) is 5.69 Å². The molecule has 1 amide bonds. The second kappa shape index (κ2) is 5.34. The number of hydrogen-bond donors (Lipinski definition) is 0. The van der Waals surface area contributed by atoms with Gasteiger partial charge in [-0.1, -0.05) is 0 Å². The Labute approximate surface area is 136 Å². The van der Waals surface area contributed by atoms with Crippen LogP contribution in [-0.2, 0) is 18.9 Å². The molecule has 1 aliphatic heterocycles. The zero-order valence-corrected chi connectivity index (χ0v) is 13.7. The van der Waals surface area contributed by atoms with E-state index < -0.39 is 11.5 Å². The number of nitrogens with zero attached hydrogens (tertiary/aromatic N) is 4. The van der Waals surface area contributed by atoms with Crippen LogP contribution < -0.4 is 15.3 Å². The van der Waals surface area contributed by atoms with Crippen molar-refractivity contribution in [3.05, 3.63) is 33.2 Å². The van der Waals surface area contributed by atoms with Gasteiger partial charge < -0.3 is 9.64 Å². The Morgan fingerprint density at radius 2 is 1.91 bits per heavy atom. The van der Waals surface area contributed by atoms with Gasteiger partial charge >= 0.3 is 5.69 Å². The molecule has 0 N–H and O–H groups in total. The van der Waals surface area contributed by atoms with Crippen molar-refractivity contribution < 1.29 is 13.9 Å². The molecule has 0 aliphatic carbocycles. The predicted molar refractivity (Wildman–Crippen MR) is 84.3 cm³/mol. The highest BCUT2D eigenvalue weighted by atomic mass is 32.1. The number of carbonyl (C=O) groups is 1. The Kier molecular flexibility index (Phi) is 3.59. The monoisotopic (exact) mass is 338 g/mol. The number of carbonyl (C=O) groups excluding carboxylic acids is 1. The van der Waals surface area contributed by atoms with E-state index in [2.05, 4.69) is 0 Å². The number of halogens is 1. The second-order valence-corrected chi connectivity index (χ2v) is 5.51. The molecule has 9 heteroatoms. The molecule has 2 heterocycles. The zero-order valence-electron chi connectivity index (χ0n) is 12.9. The summed E-state index contributed by atoms with van der Waals surface area (Å²) in [5, 5.41) is 0. The molecule has 0 saturated carbocycles. The molecule has 2 aromatic rings. The Bertz CT molecular complexity index is 894. The van der Waals surface area contributed by atoms with Gasteiger partial charge in [0.05, 0.1) is 11.4 Å². The summed E-state index contributed by atoms with van der Waals surface area (Å²) in [5.41, 5.74) is -0.0536. The first-order chi connectivity index (χ1) is 10.9. The summed E-state index contributed by atoms with van der Waals surface area (Å²) >= 11 is 5.21. The van der Waals surface area contributed by atoms with Crippen molar-refractivity contribution in [3.8, 4) is 11.4 Å². The third-order valence-electron chi connectivity index (χ3n) is 3.91. The Balaban J connectivity index is 2.29. The van der Waals surface area contributed by atoms with Crippen LogP contribution in [0, 0.1) is 10.6 Å². The lowest BCUT2D eigenvalue weighted by Crippen LogP contribution is -2.38. The number of aromatic nitrogens is 3. The molecule has 1 aliphatic rings. The van der Waals surface area contributed by atoms with Crippen molar-refractivity contribution in [2.45, 2.75) is 6.92 Å². The van der Waals surface area contributed by atoms with E-state index in [-0.39, 0.29) is 28.7 Å². The lowest BCUT2D eigenvalue weighted by atomic mass is 10.2. The third-order valence-corrected chi connectivity index (χ3v) is 4.36. The van der Waals surface area contributed by atoms with E-state index >= 15 is 0 Å². The topological polar surface area (TPSA) is 61.4 Å². The normalized spacial score (nSPS) is 13.9. The highest BCUT2D eigenvalue weighted by molar-refractivity contribution is 7.71. The van der Waals surface area contributed by atoms with Crippen molar-refractivity contribution >= 4 is 23.8 Å². The maximum Gasteiger partial charge on any atom is 0.349 e. The largest absolute Gasteiger partial charge is 0.481 e. The number of anilines is 1. The fourth-order valence-corrected chi connectivity index (χ4v) is 2.86. The van der Waals surface area contributed by atoms with Gasteiger partial charge in [0.1, 0.15) is 5.75 Å². The van der Waals surface area contributed by atoms with Gasteiger partial charge in [-0.05, 0) is 25.2 Å². The van der Waals surface area contributed by atoms with Crippen LogP contribution in [0.5, 0.6) is 5.75 Å². The molecule has 0 fully saturated rings. The van der Waals surface area contributed by atoms with Crippen molar-refractivity contribution in [2.75, 3.05) is 18.1 Å². The number of benzene rings is 1. The molecule has 0 atom stereocenters. The Hall–Kier alpha value is -2.42. The second-order valence-electron chi connectivity index (χ2n) is 5.15. The van der Waals surface area contributed by atoms with Gasteiger partial charge in [-0.3, -0.25) is 9.48 Å². The number of ether oxygens (including phenoxy) is 1. The molecule has 122 valence electrons. The standard InChI is InChI=1S/C14H15FN4O3S/c1-4-18-10-6-9(8(15)5-11(10)22-7-12(18)20)19-13(21)16(2)17(3)14(19)23/h5-6H,4,7H2,1-3H3. The summed E-state index contributed by atoms with van der Waals surface area (Å²) in [6.07, 6.45) is 0. The molecule has 0 spiro atoms. The van der Waals surface area contributed by atoms with E-state index in [0.717, 1.165) is 4.57 Å². The van der Waals surface area contributed by atoms with E-state index in [1.165, 1.54) is 33.4 Å². The van der Waals surface area contributed by atoms with Crippen molar-refractivity contribution in [2.24, 2.45) is 14.1 Å². The number of fused-ring (bicyclic) bond motifs is 1. The van der Waals surface area contributed by atoms with Crippen LogP contribution in [0.3, 0.4) is 0 Å². The number of rotatable bonds is 2. The first kappa shape index (κ1) is 15.5. The summed E-state index contributed by atoms with van der Waals surface area (Å²) in [6, 6.07) is 2.59.